The fraction of sp³-hybridized carbons (Fsp3) is 0.529. The maximum absolute atomic E-state index is 12.2. The number of hydrogen-bond acceptors (Lipinski definition) is 6. The van der Waals surface area contributed by atoms with Crippen molar-refractivity contribution >= 4 is 23.7 Å². The number of nitrogens with one attached hydrogen (secondary N) is 2. The number of aliphatic imine (C=N–C) groups is 1. The molecule has 2 heterocycles. The van der Waals surface area contributed by atoms with Crippen LogP contribution in [0.5, 0.6) is 0 Å². The molecular weight excluding hydrogens is 292 g/mol. The predicted molar refractivity (Wildman–Crippen MR) is 91.8 cm³/mol. The fourth-order valence-corrected chi connectivity index (χ4v) is 2.89. The summed E-state index contributed by atoms with van der Waals surface area (Å²) in [6.07, 6.45) is 4.39. The monoisotopic (exact) mass is 316 g/mol. The molecule has 0 amide bonds. The zero-order valence-electron chi connectivity index (χ0n) is 13.8. The van der Waals surface area contributed by atoms with Crippen LogP contribution in [-0.2, 0) is 16.0 Å². The number of esters is 1. The Bertz CT molecular complexity index is 615. The number of rotatable bonds is 6. The molecule has 1 atom stereocenters. The van der Waals surface area contributed by atoms with Crippen molar-refractivity contribution in [2.45, 2.75) is 39.2 Å². The fourth-order valence-electron chi connectivity index (χ4n) is 2.89. The number of fused-ring (bicyclic) bond motifs is 1. The number of benzene rings is 1. The molecule has 0 spiro atoms. The number of anilines is 2. The Hall–Kier alpha value is -2.24. The molecule has 1 aromatic carbocycles. The molecule has 0 saturated heterocycles. The van der Waals surface area contributed by atoms with Crippen molar-refractivity contribution in [3.8, 4) is 0 Å². The molecule has 2 aliphatic heterocycles. The largest absolute Gasteiger partial charge is 0.464 e. The van der Waals surface area contributed by atoms with E-state index < -0.39 is 0 Å². The molecule has 124 valence electrons. The van der Waals surface area contributed by atoms with Gasteiger partial charge in [0.05, 0.1) is 25.4 Å². The van der Waals surface area contributed by atoms with E-state index in [9.17, 15) is 4.79 Å². The van der Waals surface area contributed by atoms with Crippen molar-refractivity contribution in [2.75, 3.05) is 30.4 Å². The lowest BCUT2D eigenvalue weighted by Gasteiger charge is -2.19. The van der Waals surface area contributed by atoms with Gasteiger partial charge in [0.2, 0.25) is 0 Å². The van der Waals surface area contributed by atoms with Crippen LogP contribution in [0.4, 0.5) is 11.4 Å². The summed E-state index contributed by atoms with van der Waals surface area (Å²) in [7, 11) is 0. The molecular formula is C17H24N4O2. The number of aryl methyl sites for hydroxylation is 1. The highest BCUT2D eigenvalue weighted by molar-refractivity contribution is 5.86. The number of hydrogen-bond donors (Lipinski definition) is 2. The van der Waals surface area contributed by atoms with Crippen molar-refractivity contribution in [2.24, 2.45) is 4.99 Å². The van der Waals surface area contributed by atoms with Crippen molar-refractivity contribution in [1.29, 1.82) is 0 Å². The maximum Gasteiger partial charge on any atom is 0.328 e. The van der Waals surface area contributed by atoms with Crippen molar-refractivity contribution in [3.05, 3.63) is 23.3 Å². The lowest BCUT2D eigenvalue weighted by Crippen LogP contribution is -2.29. The zero-order chi connectivity index (χ0) is 16.2. The third-order valence-electron chi connectivity index (χ3n) is 4.23. The molecule has 2 N–H and O–H groups in total. The highest BCUT2D eigenvalue weighted by atomic mass is 16.5. The molecule has 1 aromatic rings. The van der Waals surface area contributed by atoms with Crippen LogP contribution in [0.2, 0.25) is 0 Å². The van der Waals surface area contributed by atoms with Crippen LogP contribution < -0.4 is 10.7 Å². The second kappa shape index (κ2) is 6.89. The summed E-state index contributed by atoms with van der Waals surface area (Å²) >= 11 is 0. The van der Waals surface area contributed by atoms with Crippen molar-refractivity contribution in [1.82, 2.24) is 5.01 Å². The Morgan fingerprint density at radius 3 is 3.13 bits per heavy atom. The van der Waals surface area contributed by atoms with Crippen LogP contribution in [0, 0.1) is 6.92 Å². The highest BCUT2D eigenvalue weighted by Gasteiger charge is 2.31. The Morgan fingerprint density at radius 1 is 1.52 bits per heavy atom. The number of unbranched alkanes of at least 4 members (excludes halogenated alkanes) is 1. The summed E-state index contributed by atoms with van der Waals surface area (Å²) < 4.78 is 5.36. The average molecular weight is 316 g/mol. The van der Waals surface area contributed by atoms with Gasteiger partial charge in [-0.15, -0.1) is 0 Å². The van der Waals surface area contributed by atoms with E-state index in [-0.39, 0.29) is 12.0 Å². The van der Waals surface area contributed by atoms with Crippen LogP contribution in [0.15, 0.2) is 17.1 Å². The lowest BCUT2D eigenvalue weighted by atomic mass is 10.0. The Labute approximate surface area is 136 Å². The summed E-state index contributed by atoms with van der Waals surface area (Å²) in [6, 6.07) is 3.83. The highest BCUT2D eigenvalue weighted by Crippen LogP contribution is 2.35. The third kappa shape index (κ3) is 3.41. The molecule has 6 nitrogen and oxygen atoms in total. The average Bonchev–Trinajstić information content (AvgIpc) is 3.20. The van der Waals surface area contributed by atoms with Gasteiger partial charge >= 0.3 is 5.97 Å². The molecule has 6 heteroatoms. The zero-order valence-corrected chi connectivity index (χ0v) is 13.8. The van der Waals surface area contributed by atoms with Gasteiger partial charge in [-0.05, 0) is 25.0 Å². The second-order valence-electron chi connectivity index (χ2n) is 6.03. The molecule has 0 radical (unpaired) electrons. The van der Waals surface area contributed by atoms with Gasteiger partial charge in [0.25, 0.3) is 0 Å². The van der Waals surface area contributed by atoms with Gasteiger partial charge in [-0.1, -0.05) is 19.4 Å². The standard InChI is InChI=1S/C17H24N4O2/c1-3-4-9-23-17(22)15-10-13-14(20-21-8-7-18-11-21)6-5-12(2)16(13)19-15/h5-6,11,15,19-20H,3-4,7-10H2,1-2H3. The van der Waals surface area contributed by atoms with Gasteiger partial charge < -0.3 is 10.1 Å². The summed E-state index contributed by atoms with van der Waals surface area (Å²) in [5, 5.41) is 5.30. The van der Waals surface area contributed by atoms with E-state index in [0.29, 0.717) is 13.0 Å². The number of carbonyl (C=O) groups excluding carboxylic acids is 1. The first-order chi connectivity index (χ1) is 11.2. The van der Waals surface area contributed by atoms with Crippen LogP contribution >= 0.6 is 0 Å². The van der Waals surface area contributed by atoms with Crippen LogP contribution in [0.25, 0.3) is 0 Å². The Kier molecular flexibility index (Phi) is 4.69. The maximum atomic E-state index is 12.2. The topological polar surface area (TPSA) is 66.0 Å². The smallest absolute Gasteiger partial charge is 0.328 e. The van der Waals surface area contributed by atoms with Crippen LogP contribution in [0.3, 0.4) is 0 Å². The third-order valence-corrected chi connectivity index (χ3v) is 4.23. The Morgan fingerprint density at radius 2 is 2.39 bits per heavy atom. The molecule has 3 rings (SSSR count). The number of nitrogens with zero attached hydrogens (tertiary/aromatic N) is 2. The predicted octanol–water partition coefficient (Wildman–Crippen LogP) is 2.35. The van der Waals surface area contributed by atoms with E-state index in [4.69, 9.17) is 4.74 Å². The summed E-state index contributed by atoms with van der Waals surface area (Å²) in [4.78, 5) is 16.4. The molecule has 0 aromatic heterocycles. The minimum absolute atomic E-state index is 0.164. The first-order valence-corrected chi connectivity index (χ1v) is 8.28. The van der Waals surface area contributed by atoms with Gasteiger partial charge in [-0.25, -0.2) is 4.79 Å². The lowest BCUT2D eigenvalue weighted by molar-refractivity contribution is -0.144. The van der Waals surface area contributed by atoms with E-state index in [1.807, 2.05) is 11.3 Å². The van der Waals surface area contributed by atoms with Gasteiger partial charge in [0.15, 0.2) is 0 Å². The first kappa shape index (κ1) is 15.6. The summed E-state index contributed by atoms with van der Waals surface area (Å²) in [5.41, 5.74) is 7.73. The molecule has 0 saturated carbocycles. The van der Waals surface area contributed by atoms with Gasteiger partial charge in [0, 0.05) is 17.7 Å². The van der Waals surface area contributed by atoms with E-state index >= 15 is 0 Å². The molecule has 1 unspecified atom stereocenters. The van der Waals surface area contributed by atoms with Crippen LogP contribution in [0.1, 0.15) is 30.9 Å². The van der Waals surface area contributed by atoms with E-state index in [1.165, 1.54) is 0 Å². The van der Waals surface area contributed by atoms with Crippen molar-refractivity contribution in [3.63, 3.8) is 0 Å². The second-order valence-corrected chi connectivity index (χ2v) is 6.03. The number of ether oxygens (including phenoxy) is 1. The normalized spacial score (nSPS) is 18.7. The minimum atomic E-state index is -0.296. The molecule has 23 heavy (non-hydrogen) atoms. The molecule has 0 aliphatic carbocycles. The summed E-state index contributed by atoms with van der Waals surface area (Å²) in [6.45, 7) is 6.31. The summed E-state index contributed by atoms with van der Waals surface area (Å²) in [5.74, 6) is -0.164. The van der Waals surface area contributed by atoms with E-state index in [2.05, 4.69) is 41.7 Å². The SMILES string of the molecule is CCCCOC(=O)C1Cc2c(NN3C=NCC3)ccc(C)c2N1. The molecule has 0 fully saturated rings. The van der Waals surface area contributed by atoms with Gasteiger partial charge in [-0.2, -0.15) is 0 Å². The first-order valence-electron chi connectivity index (χ1n) is 8.28. The van der Waals surface area contributed by atoms with E-state index in [0.717, 1.165) is 48.4 Å². The van der Waals surface area contributed by atoms with Crippen LogP contribution in [-0.4, -0.2) is 43.1 Å². The number of hydrazine groups is 1. The molecule has 0 bridgehead atoms. The quantitative estimate of drug-likeness (QED) is 0.623. The molecule has 2 aliphatic rings. The number of carbonyl (C=O) groups is 1. The van der Waals surface area contributed by atoms with Crippen molar-refractivity contribution < 1.29 is 9.53 Å². The van der Waals surface area contributed by atoms with Gasteiger partial charge in [0.1, 0.15) is 12.4 Å². The van der Waals surface area contributed by atoms with Gasteiger partial charge in [-0.3, -0.25) is 15.4 Å². The van der Waals surface area contributed by atoms with E-state index in [1.54, 1.807) is 0 Å². The minimum Gasteiger partial charge on any atom is -0.464 e. The Balaban J connectivity index is 1.71.